The van der Waals surface area contributed by atoms with E-state index in [9.17, 15) is 9.59 Å². The van der Waals surface area contributed by atoms with Crippen LogP contribution in [0.25, 0.3) is 0 Å². The summed E-state index contributed by atoms with van der Waals surface area (Å²) in [5.41, 5.74) is 0.623. The van der Waals surface area contributed by atoms with E-state index in [1.54, 1.807) is 24.3 Å². The molecule has 0 saturated carbocycles. The van der Waals surface area contributed by atoms with Crippen molar-refractivity contribution in [1.29, 1.82) is 0 Å². The number of ether oxygens (including phenoxy) is 1. The molecule has 19 heavy (non-hydrogen) atoms. The van der Waals surface area contributed by atoms with Gasteiger partial charge in [0.15, 0.2) is 0 Å². The minimum absolute atomic E-state index is 0.0260. The maximum Gasteiger partial charge on any atom is 0.308 e. The van der Waals surface area contributed by atoms with Crippen LogP contribution in [0.3, 0.4) is 0 Å². The molecule has 0 fully saturated rings. The molecule has 0 N–H and O–H groups in total. The number of esters is 1. The minimum atomic E-state index is -0.363. The molecule has 1 amide bonds. The van der Waals surface area contributed by atoms with Crippen molar-refractivity contribution in [2.24, 2.45) is 0 Å². The van der Waals surface area contributed by atoms with Gasteiger partial charge in [0.2, 0.25) is 0 Å². The summed E-state index contributed by atoms with van der Waals surface area (Å²) in [6.07, 6.45) is 1.88. The van der Waals surface area contributed by atoms with Gasteiger partial charge in [0.1, 0.15) is 5.75 Å². The summed E-state index contributed by atoms with van der Waals surface area (Å²) in [5, 5.41) is 0. The number of nitrogens with zero attached hydrogens (tertiary/aromatic N) is 1. The standard InChI is InChI=1S/C15H21NO3/c1-4-10-16(11-5-2)15(18)13-6-8-14(9-7-13)19-12(3)17/h6-9H,4-5,10-11H2,1-3H3. The van der Waals surface area contributed by atoms with Crippen molar-refractivity contribution in [3.05, 3.63) is 29.8 Å². The first kappa shape index (κ1) is 15.2. The van der Waals surface area contributed by atoms with E-state index in [4.69, 9.17) is 4.74 Å². The predicted molar refractivity (Wildman–Crippen MR) is 74.2 cm³/mol. The number of amides is 1. The molecule has 0 radical (unpaired) electrons. The molecular formula is C15H21NO3. The lowest BCUT2D eigenvalue weighted by molar-refractivity contribution is -0.131. The van der Waals surface area contributed by atoms with Crippen LogP contribution in [0.5, 0.6) is 5.75 Å². The molecular weight excluding hydrogens is 242 g/mol. The van der Waals surface area contributed by atoms with Crippen LogP contribution in [-0.2, 0) is 4.79 Å². The van der Waals surface area contributed by atoms with Crippen molar-refractivity contribution in [2.45, 2.75) is 33.6 Å². The van der Waals surface area contributed by atoms with Gasteiger partial charge in [0.25, 0.3) is 5.91 Å². The Kier molecular flexibility index (Phi) is 6.06. The van der Waals surface area contributed by atoms with Crippen LogP contribution in [0.4, 0.5) is 0 Å². The normalized spacial score (nSPS) is 10.1. The molecule has 0 aromatic heterocycles. The zero-order valence-electron chi connectivity index (χ0n) is 11.8. The van der Waals surface area contributed by atoms with Gasteiger partial charge in [-0.05, 0) is 37.1 Å². The number of carbonyl (C=O) groups is 2. The summed E-state index contributed by atoms with van der Waals surface area (Å²) < 4.78 is 4.94. The van der Waals surface area contributed by atoms with Crippen molar-refractivity contribution in [3.63, 3.8) is 0 Å². The highest BCUT2D eigenvalue weighted by atomic mass is 16.5. The first-order valence-corrected chi connectivity index (χ1v) is 6.66. The second kappa shape index (κ2) is 7.56. The number of hydrogen-bond donors (Lipinski definition) is 0. The molecule has 0 aliphatic rings. The smallest absolute Gasteiger partial charge is 0.308 e. The summed E-state index contributed by atoms with van der Waals surface area (Å²) in [4.78, 5) is 24.9. The third kappa shape index (κ3) is 4.73. The van der Waals surface area contributed by atoms with Gasteiger partial charge in [0, 0.05) is 25.6 Å². The number of hydrogen-bond acceptors (Lipinski definition) is 3. The Labute approximate surface area is 114 Å². The van der Waals surface area contributed by atoms with Gasteiger partial charge in [-0.15, -0.1) is 0 Å². The van der Waals surface area contributed by atoms with Crippen LogP contribution < -0.4 is 4.74 Å². The monoisotopic (exact) mass is 263 g/mol. The Balaban J connectivity index is 2.77. The summed E-state index contributed by atoms with van der Waals surface area (Å²) >= 11 is 0. The molecule has 0 heterocycles. The van der Waals surface area contributed by atoms with Gasteiger partial charge >= 0.3 is 5.97 Å². The Hall–Kier alpha value is -1.84. The lowest BCUT2D eigenvalue weighted by Crippen LogP contribution is -2.32. The van der Waals surface area contributed by atoms with Crippen molar-refractivity contribution >= 4 is 11.9 Å². The average molecular weight is 263 g/mol. The maximum atomic E-state index is 12.3. The average Bonchev–Trinajstić information content (AvgIpc) is 2.38. The van der Waals surface area contributed by atoms with E-state index in [-0.39, 0.29) is 11.9 Å². The fourth-order valence-corrected chi connectivity index (χ4v) is 1.87. The fourth-order valence-electron chi connectivity index (χ4n) is 1.87. The Morgan fingerprint density at radius 3 is 2.00 bits per heavy atom. The third-order valence-electron chi connectivity index (χ3n) is 2.64. The van der Waals surface area contributed by atoms with Crippen molar-refractivity contribution in [1.82, 2.24) is 4.90 Å². The van der Waals surface area contributed by atoms with Gasteiger partial charge in [-0.3, -0.25) is 9.59 Å². The van der Waals surface area contributed by atoms with E-state index >= 15 is 0 Å². The molecule has 0 saturated heterocycles. The summed E-state index contributed by atoms with van der Waals surface area (Å²) in [6.45, 7) is 6.99. The van der Waals surface area contributed by atoms with Crippen LogP contribution in [0.15, 0.2) is 24.3 Å². The van der Waals surface area contributed by atoms with E-state index in [1.807, 2.05) is 4.90 Å². The fraction of sp³-hybridized carbons (Fsp3) is 0.467. The Morgan fingerprint density at radius 2 is 1.58 bits per heavy atom. The van der Waals surface area contributed by atoms with Crippen molar-refractivity contribution in [3.8, 4) is 5.75 Å². The first-order valence-electron chi connectivity index (χ1n) is 6.66. The van der Waals surface area contributed by atoms with Crippen molar-refractivity contribution in [2.75, 3.05) is 13.1 Å². The third-order valence-corrected chi connectivity index (χ3v) is 2.64. The van der Waals surface area contributed by atoms with Crippen LogP contribution >= 0.6 is 0 Å². The topological polar surface area (TPSA) is 46.6 Å². The molecule has 0 aliphatic carbocycles. The van der Waals surface area contributed by atoms with Gasteiger partial charge < -0.3 is 9.64 Å². The number of benzene rings is 1. The Morgan fingerprint density at radius 1 is 1.05 bits per heavy atom. The minimum Gasteiger partial charge on any atom is -0.427 e. The zero-order chi connectivity index (χ0) is 14.3. The predicted octanol–water partition coefficient (Wildman–Crippen LogP) is 2.87. The summed E-state index contributed by atoms with van der Waals surface area (Å²) in [7, 11) is 0. The zero-order valence-corrected chi connectivity index (χ0v) is 11.8. The molecule has 0 bridgehead atoms. The number of rotatable bonds is 6. The Bertz CT molecular complexity index is 420. The van der Waals surface area contributed by atoms with E-state index in [0.717, 1.165) is 25.9 Å². The van der Waals surface area contributed by atoms with E-state index in [1.165, 1.54) is 6.92 Å². The molecule has 4 nitrogen and oxygen atoms in total. The second-order valence-electron chi connectivity index (χ2n) is 4.41. The molecule has 104 valence electrons. The van der Waals surface area contributed by atoms with Crippen LogP contribution in [0.2, 0.25) is 0 Å². The molecule has 4 heteroatoms. The van der Waals surface area contributed by atoms with E-state index < -0.39 is 0 Å². The lowest BCUT2D eigenvalue weighted by Gasteiger charge is -2.21. The molecule has 0 unspecified atom stereocenters. The molecule has 0 spiro atoms. The SMILES string of the molecule is CCCN(CCC)C(=O)c1ccc(OC(C)=O)cc1. The van der Waals surface area contributed by atoms with E-state index in [2.05, 4.69) is 13.8 Å². The quantitative estimate of drug-likeness (QED) is 0.585. The van der Waals surface area contributed by atoms with Crippen LogP contribution in [0.1, 0.15) is 44.0 Å². The highest BCUT2D eigenvalue weighted by Gasteiger charge is 2.14. The molecule has 0 atom stereocenters. The largest absolute Gasteiger partial charge is 0.427 e. The van der Waals surface area contributed by atoms with Crippen molar-refractivity contribution < 1.29 is 14.3 Å². The second-order valence-corrected chi connectivity index (χ2v) is 4.41. The maximum absolute atomic E-state index is 12.3. The highest BCUT2D eigenvalue weighted by molar-refractivity contribution is 5.94. The summed E-state index contributed by atoms with van der Waals surface area (Å²) in [6, 6.07) is 6.67. The molecule has 0 aliphatic heterocycles. The number of carbonyl (C=O) groups excluding carboxylic acids is 2. The van der Waals surface area contributed by atoms with E-state index in [0.29, 0.717) is 11.3 Å². The first-order chi connectivity index (χ1) is 9.08. The van der Waals surface area contributed by atoms with Gasteiger partial charge in [0.05, 0.1) is 0 Å². The van der Waals surface area contributed by atoms with Gasteiger partial charge in [-0.2, -0.15) is 0 Å². The lowest BCUT2D eigenvalue weighted by atomic mass is 10.2. The highest BCUT2D eigenvalue weighted by Crippen LogP contribution is 2.14. The van der Waals surface area contributed by atoms with Gasteiger partial charge in [-0.25, -0.2) is 0 Å². The van der Waals surface area contributed by atoms with Gasteiger partial charge in [-0.1, -0.05) is 13.8 Å². The molecule has 1 aromatic carbocycles. The summed E-state index contributed by atoms with van der Waals surface area (Å²) in [5.74, 6) is 0.123. The molecule has 1 rings (SSSR count). The van der Waals surface area contributed by atoms with Crippen LogP contribution in [0, 0.1) is 0 Å². The molecule has 1 aromatic rings. The van der Waals surface area contributed by atoms with Crippen LogP contribution in [-0.4, -0.2) is 29.9 Å².